The van der Waals surface area contributed by atoms with E-state index in [0.717, 1.165) is 44.9 Å². The molecular weight excluding hydrogens is 1010 g/mol. The number of carbonyl (C=O) groups excluding carboxylic acids is 1. The molecule has 0 aromatic carbocycles. The molecule has 1 amide bonds. The predicted molar refractivity (Wildman–Crippen MR) is 346 cm³/mol. The summed E-state index contributed by atoms with van der Waals surface area (Å²) >= 11 is 0. The summed E-state index contributed by atoms with van der Waals surface area (Å²) < 4.78 is 11.4. The van der Waals surface area contributed by atoms with Crippen molar-refractivity contribution in [3.05, 3.63) is 24.3 Å². The van der Waals surface area contributed by atoms with E-state index in [2.05, 4.69) is 43.5 Å². The molecular formula is C72H139NO8. The highest BCUT2D eigenvalue weighted by atomic mass is 16.7. The summed E-state index contributed by atoms with van der Waals surface area (Å²) in [4.78, 5) is 13.2. The van der Waals surface area contributed by atoms with Gasteiger partial charge in [0.05, 0.1) is 25.4 Å². The molecule has 81 heavy (non-hydrogen) atoms. The number of ether oxygens (including phenoxy) is 2. The maximum absolute atomic E-state index is 13.2. The molecule has 7 atom stereocenters. The van der Waals surface area contributed by atoms with E-state index < -0.39 is 49.5 Å². The van der Waals surface area contributed by atoms with Gasteiger partial charge in [0.1, 0.15) is 24.4 Å². The lowest BCUT2D eigenvalue weighted by Crippen LogP contribution is -2.60. The zero-order valence-electron chi connectivity index (χ0n) is 53.8. The number of hydrogen-bond acceptors (Lipinski definition) is 8. The standard InChI is InChI=1S/C72H139NO8/c1-3-5-7-9-11-13-15-17-19-21-23-25-27-29-31-33-35-37-39-41-43-45-47-49-51-53-55-57-59-61-66(75)65(64-80-72-71(79)70(78)69(77)67(63-74)81-72)73-68(76)62-60-58-56-54-52-50-48-46-44-42-40-38-36-34-32-30-28-26-24-22-20-18-16-14-12-10-8-6-4-2/h16,18,22,24,65-67,69-72,74-75,77-79H,3-15,17,19-21,23,25-64H2,1-2H3,(H,73,76)/b18-16-,24-22-. The van der Waals surface area contributed by atoms with Crippen molar-refractivity contribution in [2.75, 3.05) is 13.2 Å². The van der Waals surface area contributed by atoms with Gasteiger partial charge in [0.15, 0.2) is 6.29 Å². The van der Waals surface area contributed by atoms with Crippen molar-refractivity contribution >= 4 is 5.91 Å². The molecule has 1 saturated heterocycles. The summed E-state index contributed by atoms with van der Waals surface area (Å²) in [7, 11) is 0. The minimum atomic E-state index is -1.55. The third-order valence-corrected chi connectivity index (χ3v) is 17.6. The Bertz CT molecular complexity index is 1330. The van der Waals surface area contributed by atoms with Gasteiger partial charge in [-0.1, -0.05) is 346 Å². The van der Waals surface area contributed by atoms with Gasteiger partial charge < -0.3 is 40.3 Å². The number of allylic oxidation sites excluding steroid dienone is 4. The maximum atomic E-state index is 13.2. The average molecular weight is 1150 g/mol. The third-order valence-electron chi connectivity index (χ3n) is 17.6. The van der Waals surface area contributed by atoms with Gasteiger partial charge in [-0.3, -0.25) is 4.79 Å². The van der Waals surface area contributed by atoms with Gasteiger partial charge in [0, 0.05) is 6.42 Å². The maximum Gasteiger partial charge on any atom is 0.220 e. The number of unbranched alkanes of at least 4 members (excludes halogenated alkanes) is 50. The van der Waals surface area contributed by atoms with Crippen LogP contribution < -0.4 is 5.32 Å². The summed E-state index contributed by atoms with van der Waals surface area (Å²) in [6, 6.07) is -0.719. The molecule has 1 heterocycles. The molecule has 0 aliphatic carbocycles. The Morgan fingerprint density at radius 3 is 1.06 bits per heavy atom. The summed E-state index contributed by atoms with van der Waals surface area (Å²) in [6.45, 7) is 3.89. The van der Waals surface area contributed by atoms with E-state index in [0.29, 0.717) is 12.8 Å². The molecule has 6 N–H and O–H groups in total. The molecule has 0 aromatic heterocycles. The number of hydrogen-bond donors (Lipinski definition) is 6. The fourth-order valence-corrected chi connectivity index (χ4v) is 11.9. The lowest BCUT2D eigenvalue weighted by atomic mass is 9.99. The minimum absolute atomic E-state index is 0.133. The lowest BCUT2D eigenvalue weighted by Gasteiger charge is -2.40. The summed E-state index contributed by atoms with van der Waals surface area (Å²) in [5.74, 6) is -0.136. The molecule has 7 unspecified atom stereocenters. The van der Waals surface area contributed by atoms with Crippen molar-refractivity contribution in [1.29, 1.82) is 0 Å². The highest BCUT2D eigenvalue weighted by Gasteiger charge is 2.44. The van der Waals surface area contributed by atoms with Crippen molar-refractivity contribution < 1.29 is 39.8 Å². The monoisotopic (exact) mass is 1150 g/mol. The Morgan fingerprint density at radius 2 is 0.728 bits per heavy atom. The number of nitrogens with one attached hydrogen (secondary N) is 1. The first-order chi connectivity index (χ1) is 39.8. The van der Waals surface area contributed by atoms with Crippen molar-refractivity contribution in [3.63, 3.8) is 0 Å². The molecule has 1 rings (SSSR count). The van der Waals surface area contributed by atoms with Crippen LogP contribution in [0.5, 0.6) is 0 Å². The van der Waals surface area contributed by atoms with Crippen LogP contribution in [0, 0.1) is 0 Å². The quantitative estimate of drug-likeness (QED) is 0.0261. The molecule has 0 spiro atoms. The van der Waals surface area contributed by atoms with Gasteiger partial charge in [-0.15, -0.1) is 0 Å². The van der Waals surface area contributed by atoms with E-state index in [9.17, 15) is 30.3 Å². The van der Waals surface area contributed by atoms with E-state index >= 15 is 0 Å². The second-order valence-electron chi connectivity index (χ2n) is 25.4. The van der Waals surface area contributed by atoms with Gasteiger partial charge in [0.2, 0.25) is 5.91 Å². The van der Waals surface area contributed by atoms with Crippen LogP contribution in [0.4, 0.5) is 0 Å². The van der Waals surface area contributed by atoms with Crippen molar-refractivity contribution in [2.24, 2.45) is 0 Å². The Hall–Kier alpha value is -1.33. The topological polar surface area (TPSA) is 149 Å². The molecule has 0 saturated carbocycles. The third kappa shape index (κ3) is 50.5. The Balaban J connectivity index is 2.09. The van der Waals surface area contributed by atoms with E-state index in [1.807, 2.05) is 0 Å². The number of amides is 1. The van der Waals surface area contributed by atoms with Crippen molar-refractivity contribution in [1.82, 2.24) is 5.32 Å². The minimum Gasteiger partial charge on any atom is -0.394 e. The molecule has 0 bridgehead atoms. The van der Waals surface area contributed by atoms with Crippen LogP contribution in [0.15, 0.2) is 24.3 Å². The lowest BCUT2D eigenvalue weighted by molar-refractivity contribution is -0.302. The van der Waals surface area contributed by atoms with Crippen molar-refractivity contribution in [3.8, 4) is 0 Å². The molecule has 1 fully saturated rings. The fourth-order valence-electron chi connectivity index (χ4n) is 11.9. The van der Waals surface area contributed by atoms with E-state index in [-0.39, 0.29) is 12.5 Å². The van der Waals surface area contributed by atoms with Crippen LogP contribution in [-0.2, 0) is 14.3 Å². The number of carbonyl (C=O) groups is 1. The fraction of sp³-hybridized carbons (Fsp3) is 0.931. The molecule has 9 nitrogen and oxygen atoms in total. The number of rotatable bonds is 64. The van der Waals surface area contributed by atoms with Crippen LogP contribution >= 0.6 is 0 Å². The van der Waals surface area contributed by atoms with Crippen LogP contribution in [0.3, 0.4) is 0 Å². The number of aliphatic hydroxyl groups is 5. The average Bonchev–Trinajstić information content (AvgIpc) is 3.51. The zero-order chi connectivity index (χ0) is 58.6. The van der Waals surface area contributed by atoms with Crippen LogP contribution in [0.25, 0.3) is 0 Å². The molecule has 1 aliphatic heterocycles. The summed E-state index contributed by atoms with van der Waals surface area (Å²) in [6.07, 6.45) is 73.9. The Kier molecular flexibility index (Phi) is 59.2. The first-order valence-corrected chi connectivity index (χ1v) is 36.0. The molecule has 1 aliphatic rings. The highest BCUT2D eigenvalue weighted by molar-refractivity contribution is 5.76. The van der Waals surface area contributed by atoms with Crippen molar-refractivity contribution in [2.45, 2.75) is 416 Å². The smallest absolute Gasteiger partial charge is 0.220 e. The first-order valence-electron chi connectivity index (χ1n) is 36.0. The molecule has 0 radical (unpaired) electrons. The molecule has 480 valence electrons. The number of aliphatic hydroxyl groups excluding tert-OH is 5. The summed E-state index contributed by atoms with van der Waals surface area (Å²) in [5, 5.41) is 55.0. The predicted octanol–water partition coefficient (Wildman–Crippen LogP) is 19.6. The van der Waals surface area contributed by atoms with Gasteiger partial charge >= 0.3 is 0 Å². The summed E-state index contributed by atoms with van der Waals surface area (Å²) in [5.41, 5.74) is 0. The first kappa shape index (κ1) is 77.7. The normalized spacial score (nSPS) is 18.4. The van der Waals surface area contributed by atoms with E-state index in [1.54, 1.807) is 0 Å². The Morgan fingerprint density at radius 1 is 0.420 bits per heavy atom. The largest absolute Gasteiger partial charge is 0.394 e. The van der Waals surface area contributed by atoms with E-state index in [4.69, 9.17) is 9.47 Å². The zero-order valence-corrected chi connectivity index (χ0v) is 53.8. The van der Waals surface area contributed by atoms with Gasteiger partial charge in [-0.25, -0.2) is 0 Å². The van der Waals surface area contributed by atoms with Crippen LogP contribution in [-0.4, -0.2) is 87.5 Å². The van der Waals surface area contributed by atoms with Crippen LogP contribution in [0.2, 0.25) is 0 Å². The second kappa shape index (κ2) is 61.7. The highest BCUT2D eigenvalue weighted by Crippen LogP contribution is 2.24. The molecule has 9 heteroatoms. The Labute approximate surface area is 502 Å². The van der Waals surface area contributed by atoms with Gasteiger partial charge in [0.25, 0.3) is 0 Å². The van der Waals surface area contributed by atoms with E-state index in [1.165, 1.54) is 302 Å². The molecule has 0 aromatic rings. The SMILES string of the molecule is CCCCCCC/C=C\C/C=C\CCCCCCCCCCCCCCCCCCCC(=O)NC(COC1OC(CO)C(O)C(O)C1O)C(O)CCCCCCCCCCCCCCCCCCCCCCCCCCCCCCC. The van der Waals surface area contributed by atoms with Gasteiger partial charge in [-0.2, -0.15) is 0 Å². The van der Waals surface area contributed by atoms with Crippen LogP contribution in [0.1, 0.15) is 373 Å². The second-order valence-corrected chi connectivity index (χ2v) is 25.4. The van der Waals surface area contributed by atoms with Gasteiger partial charge in [-0.05, 0) is 44.9 Å².